The fraction of sp³-hybridized carbons (Fsp3) is 0.273. The minimum atomic E-state index is 0.416. The van der Waals surface area contributed by atoms with E-state index in [4.69, 9.17) is 0 Å². The van der Waals surface area contributed by atoms with E-state index < -0.39 is 0 Å². The van der Waals surface area contributed by atoms with Gasteiger partial charge in [0.15, 0.2) is 0 Å². The van der Waals surface area contributed by atoms with Gasteiger partial charge in [-0.1, -0.05) is 6.07 Å². The summed E-state index contributed by atoms with van der Waals surface area (Å²) in [7, 11) is 0. The Labute approximate surface area is 120 Å². The van der Waals surface area contributed by atoms with Gasteiger partial charge in [-0.15, -0.1) is 22.7 Å². The van der Waals surface area contributed by atoms with Gasteiger partial charge in [0, 0.05) is 26.8 Å². The van der Waals surface area contributed by atoms with Crippen LogP contribution in [0.3, 0.4) is 0 Å². The molecule has 2 heterocycles. The lowest BCUT2D eigenvalue weighted by atomic mass is 10.3. The van der Waals surface area contributed by atoms with Crippen LogP contribution in [0.25, 0.3) is 0 Å². The summed E-state index contributed by atoms with van der Waals surface area (Å²) in [6.07, 6.45) is 0. The molecule has 2 rings (SSSR count). The lowest BCUT2D eigenvalue weighted by molar-refractivity contribution is 0.587. The van der Waals surface area contributed by atoms with Crippen molar-refractivity contribution in [3.63, 3.8) is 0 Å². The van der Waals surface area contributed by atoms with Crippen molar-refractivity contribution in [2.24, 2.45) is 0 Å². The van der Waals surface area contributed by atoms with Gasteiger partial charge in [0.05, 0.1) is 3.79 Å². The van der Waals surface area contributed by atoms with Crippen molar-refractivity contribution in [2.45, 2.75) is 19.5 Å². The summed E-state index contributed by atoms with van der Waals surface area (Å²) in [5, 5.41) is 5.64. The predicted molar refractivity (Wildman–Crippen MR) is 79.3 cm³/mol. The molecule has 0 bridgehead atoms. The molecule has 0 saturated carbocycles. The monoisotopic (exact) mass is 379 g/mol. The second-order valence-electron chi connectivity index (χ2n) is 3.45. The highest BCUT2D eigenvalue weighted by molar-refractivity contribution is 9.13. The van der Waals surface area contributed by atoms with Crippen molar-refractivity contribution in [1.29, 1.82) is 0 Å². The first-order chi connectivity index (χ1) is 7.66. The van der Waals surface area contributed by atoms with E-state index >= 15 is 0 Å². The Morgan fingerprint density at radius 2 is 2.25 bits per heavy atom. The lowest BCUT2D eigenvalue weighted by Gasteiger charge is -2.10. The van der Waals surface area contributed by atoms with E-state index in [0.717, 1.165) is 14.8 Å². The van der Waals surface area contributed by atoms with E-state index in [2.05, 4.69) is 67.7 Å². The number of halogens is 2. The standard InChI is InChI=1S/C11H11Br2NS2/c1-7(10-3-2-4-15-10)14-6-8-5-9(12)11(13)16-8/h2-5,7,14H,6H2,1H3. The van der Waals surface area contributed by atoms with Gasteiger partial charge >= 0.3 is 0 Å². The Balaban J connectivity index is 1.92. The van der Waals surface area contributed by atoms with Gasteiger partial charge in [0.1, 0.15) is 0 Å². The third kappa shape index (κ3) is 3.17. The zero-order valence-electron chi connectivity index (χ0n) is 8.67. The maximum Gasteiger partial charge on any atom is 0.0843 e. The molecule has 16 heavy (non-hydrogen) atoms. The van der Waals surface area contributed by atoms with Gasteiger partial charge in [-0.25, -0.2) is 0 Å². The van der Waals surface area contributed by atoms with Crippen molar-refractivity contribution in [3.05, 3.63) is 41.6 Å². The van der Waals surface area contributed by atoms with Crippen molar-refractivity contribution in [3.8, 4) is 0 Å². The molecule has 0 aliphatic rings. The highest BCUT2D eigenvalue weighted by Crippen LogP contribution is 2.32. The third-order valence-electron chi connectivity index (χ3n) is 2.25. The van der Waals surface area contributed by atoms with Gasteiger partial charge in [-0.05, 0) is 56.3 Å². The van der Waals surface area contributed by atoms with Crippen LogP contribution in [0.2, 0.25) is 0 Å². The fourth-order valence-electron chi connectivity index (χ4n) is 1.37. The first-order valence-corrected chi connectivity index (χ1v) is 8.15. The summed E-state index contributed by atoms with van der Waals surface area (Å²) in [4.78, 5) is 2.72. The van der Waals surface area contributed by atoms with Gasteiger partial charge in [0.25, 0.3) is 0 Å². The molecule has 0 radical (unpaired) electrons. The van der Waals surface area contributed by atoms with E-state index in [0.29, 0.717) is 6.04 Å². The van der Waals surface area contributed by atoms with E-state index in [1.165, 1.54) is 9.75 Å². The summed E-state index contributed by atoms with van der Waals surface area (Å²) in [5.74, 6) is 0. The predicted octanol–water partition coefficient (Wildman–Crippen LogP) is 5.19. The van der Waals surface area contributed by atoms with Crippen LogP contribution in [-0.4, -0.2) is 0 Å². The molecule has 0 aromatic carbocycles. The zero-order chi connectivity index (χ0) is 11.5. The number of nitrogens with one attached hydrogen (secondary N) is 1. The Hall–Kier alpha value is 0.320. The third-order valence-corrected chi connectivity index (χ3v) is 6.56. The minimum absolute atomic E-state index is 0.416. The Morgan fingerprint density at radius 3 is 2.81 bits per heavy atom. The molecule has 0 amide bonds. The second kappa shape index (κ2) is 5.78. The Kier molecular flexibility index (Phi) is 4.61. The summed E-state index contributed by atoms with van der Waals surface area (Å²) in [6.45, 7) is 3.11. The molecule has 0 fully saturated rings. The second-order valence-corrected chi connectivity index (χ2v) is 7.74. The number of rotatable bonds is 4. The first-order valence-electron chi connectivity index (χ1n) is 4.87. The first kappa shape index (κ1) is 12.8. The summed E-state index contributed by atoms with van der Waals surface area (Å²) >= 11 is 10.6. The summed E-state index contributed by atoms with van der Waals surface area (Å²) in [5.41, 5.74) is 0. The van der Waals surface area contributed by atoms with Crippen LogP contribution >= 0.6 is 54.5 Å². The SMILES string of the molecule is CC(NCc1cc(Br)c(Br)s1)c1cccs1. The lowest BCUT2D eigenvalue weighted by Crippen LogP contribution is -2.16. The minimum Gasteiger partial charge on any atom is -0.305 e. The maximum absolute atomic E-state index is 3.52. The molecule has 1 atom stereocenters. The van der Waals surface area contributed by atoms with Crippen LogP contribution in [0.4, 0.5) is 0 Å². The number of thiophene rings is 2. The molecule has 0 spiro atoms. The van der Waals surface area contributed by atoms with E-state index in [1.54, 1.807) is 22.7 Å². The van der Waals surface area contributed by atoms with Crippen molar-refractivity contribution in [1.82, 2.24) is 5.32 Å². The molecular weight excluding hydrogens is 370 g/mol. The van der Waals surface area contributed by atoms with Gasteiger partial charge in [0.2, 0.25) is 0 Å². The average molecular weight is 381 g/mol. The topological polar surface area (TPSA) is 12.0 Å². The van der Waals surface area contributed by atoms with Crippen LogP contribution in [0, 0.1) is 0 Å². The number of hydrogen-bond donors (Lipinski definition) is 1. The molecule has 1 unspecified atom stereocenters. The van der Waals surface area contributed by atoms with Crippen LogP contribution < -0.4 is 5.32 Å². The van der Waals surface area contributed by atoms with E-state index in [9.17, 15) is 0 Å². The van der Waals surface area contributed by atoms with Crippen LogP contribution in [0.5, 0.6) is 0 Å². The fourth-order valence-corrected chi connectivity index (χ4v) is 4.26. The molecule has 0 aliphatic carbocycles. The molecule has 1 N–H and O–H groups in total. The summed E-state index contributed by atoms with van der Waals surface area (Å²) in [6, 6.07) is 6.83. The molecule has 86 valence electrons. The van der Waals surface area contributed by atoms with Crippen molar-refractivity contribution >= 4 is 54.5 Å². The van der Waals surface area contributed by atoms with Crippen molar-refractivity contribution < 1.29 is 0 Å². The van der Waals surface area contributed by atoms with Crippen molar-refractivity contribution in [2.75, 3.05) is 0 Å². The molecule has 0 aliphatic heterocycles. The highest BCUT2D eigenvalue weighted by atomic mass is 79.9. The number of hydrogen-bond acceptors (Lipinski definition) is 3. The summed E-state index contributed by atoms with van der Waals surface area (Å²) < 4.78 is 2.30. The Bertz CT molecular complexity index is 431. The van der Waals surface area contributed by atoms with Gasteiger partial charge in [-0.3, -0.25) is 0 Å². The van der Waals surface area contributed by atoms with E-state index in [1.807, 2.05) is 0 Å². The van der Waals surface area contributed by atoms with E-state index in [-0.39, 0.29) is 0 Å². The molecule has 1 nitrogen and oxygen atoms in total. The average Bonchev–Trinajstić information content (AvgIpc) is 2.86. The zero-order valence-corrected chi connectivity index (χ0v) is 13.5. The quantitative estimate of drug-likeness (QED) is 0.769. The van der Waals surface area contributed by atoms with Crippen LogP contribution in [-0.2, 0) is 6.54 Å². The smallest absolute Gasteiger partial charge is 0.0843 e. The van der Waals surface area contributed by atoms with Gasteiger partial charge in [-0.2, -0.15) is 0 Å². The van der Waals surface area contributed by atoms with Crippen LogP contribution in [0.15, 0.2) is 31.8 Å². The van der Waals surface area contributed by atoms with Crippen LogP contribution in [0.1, 0.15) is 22.7 Å². The molecule has 5 heteroatoms. The maximum atomic E-state index is 3.52. The van der Waals surface area contributed by atoms with Gasteiger partial charge < -0.3 is 5.32 Å². The normalized spacial score (nSPS) is 12.9. The Morgan fingerprint density at radius 1 is 1.44 bits per heavy atom. The largest absolute Gasteiger partial charge is 0.305 e. The highest BCUT2D eigenvalue weighted by Gasteiger charge is 2.08. The molecule has 0 saturated heterocycles. The molecule has 2 aromatic heterocycles. The molecule has 2 aromatic rings. The molecular formula is C11H11Br2NS2.